The molecule has 20 heteroatoms. The molecule has 0 heterocycles. The van der Waals surface area contributed by atoms with E-state index in [0.29, 0.717) is 101 Å². The van der Waals surface area contributed by atoms with Crippen LogP contribution >= 0.6 is 0 Å². The molecule has 5 aliphatic carbocycles. The summed E-state index contributed by atoms with van der Waals surface area (Å²) in [6.45, 7) is -63.5. The van der Waals surface area contributed by atoms with Crippen molar-refractivity contribution in [2.75, 3.05) is 130 Å². The number of hydrogen-bond donors (Lipinski definition) is 5. The van der Waals surface area contributed by atoms with Gasteiger partial charge in [-0.2, -0.15) is 0 Å². The van der Waals surface area contributed by atoms with Gasteiger partial charge in [-0.3, -0.25) is 24.5 Å². The van der Waals surface area contributed by atoms with Crippen LogP contribution in [0.2, 0.25) is 0 Å². The molecule has 5 saturated carbocycles. The van der Waals surface area contributed by atoms with E-state index in [1.807, 2.05) is 35.5 Å². The fraction of sp³-hybridized carbons (Fsp3) is 0.591. The van der Waals surface area contributed by atoms with E-state index in [2.05, 4.69) is 11.8 Å². The van der Waals surface area contributed by atoms with Gasteiger partial charge in [-0.05, 0) is 157 Å². The number of aliphatic hydroxyl groups is 5. The monoisotopic (exact) mass is 1830 g/mol. The average Bonchev–Trinajstić information content (AvgIpc) is 0.722. The lowest BCUT2D eigenvalue weighted by Crippen LogP contribution is -2.45. The summed E-state index contributed by atoms with van der Waals surface area (Å²) in [5, 5.41) is 57.5. The number of ether oxygens (including phenoxy) is 5. The maximum absolute atomic E-state index is 13.3. The van der Waals surface area contributed by atoms with Gasteiger partial charge in [0.15, 0.2) is 60.8 Å². The summed E-state index contributed by atoms with van der Waals surface area (Å²) in [6, 6.07) is 40.2. The Hall–Kier alpha value is -9.15. The van der Waals surface area contributed by atoms with Crippen LogP contribution in [0.3, 0.4) is 0 Å². The second-order valence-electron chi connectivity index (χ2n) is 30.7. The average molecular weight is 1840 g/mol. The van der Waals surface area contributed by atoms with Crippen LogP contribution in [0.25, 0.3) is 0 Å². The highest BCUT2D eigenvalue weighted by Crippen LogP contribution is 2.46. The number of carbonyl (C=O) groups excluding carboxylic acids is 5. The Morgan fingerprint density at radius 2 is 0.477 bits per heavy atom. The third kappa shape index (κ3) is 33.8. The number of carbonyl (C=O) groups is 5. The molecule has 0 radical (unpaired) electrons. The van der Waals surface area contributed by atoms with E-state index in [0.717, 1.165) is 97.3 Å². The topological polar surface area (TPSA) is 249 Å². The zero-order chi connectivity index (χ0) is 136. The van der Waals surface area contributed by atoms with Gasteiger partial charge in [0.1, 0.15) is 0 Å². The summed E-state index contributed by atoms with van der Waals surface area (Å²) >= 11 is 0. The summed E-state index contributed by atoms with van der Waals surface area (Å²) in [5.74, 6) is 9.94. The fourth-order valence-electron chi connectivity index (χ4n) is 16.0. The zero-order valence-electron chi connectivity index (χ0n) is 122. The summed E-state index contributed by atoms with van der Waals surface area (Å²) in [6.07, 6.45) is 17.8. The maximum atomic E-state index is 13.3. The van der Waals surface area contributed by atoms with E-state index >= 15 is 0 Å². The lowest BCUT2D eigenvalue weighted by atomic mass is 9.73. The number of nitrogens with zero attached hydrogens (tertiary/aromatic N) is 5. The second-order valence-corrected chi connectivity index (χ2v) is 30.7. The molecule has 20 nitrogen and oxygen atoms in total. The van der Waals surface area contributed by atoms with Crippen LogP contribution < -0.4 is 0 Å². The number of esters is 5. The van der Waals surface area contributed by atoms with E-state index in [4.69, 9.17) is 89.5 Å². The molecule has 5 N–H and O–H groups in total. The molecule has 10 rings (SSSR count). The molecular formula is C110H155N5O15. The van der Waals surface area contributed by atoms with Crippen LogP contribution in [-0.2, 0) is 75.7 Å². The van der Waals surface area contributed by atoms with Crippen molar-refractivity contribution < 1.29 is 139 Å². The Balaban J connectivity index is 0.000000337. The van der Waals surface area contributed by atoms with Gasteiger partial charge in [-0.25, -0.2) is 24.0 Å². The molecule has 5 aliphatic rings. The molecule has 0 aliphatic heterocycles. The van der Waals surface area contributed by atoms with Crippen molar-refractivity contribution in [3.05, 3.63) is 179 Å². The van der Waals surface area contributed by atoms with Gasteiger partial charge in [-0.1, -0.05) is 376 Å². The van der Waals surface area contributed by atoms with Crippen molar-refractivity contribution in [1.82, 2.24) is 24.5 Å². The van der Waals surface area contributed by atoms with E-state index in [9.17, 15) is 49.5 Å². The van der Waals surface area contributed by atoms with E-state index in [-0.39, 0.29) is 38.0 Å². The standard InChI is InChI=1S/5C22H31NO3/c5*1-3-23(4-2)17-11-12-18-26-21(24)22(25,19-13-7-5-8-14-19)20-15-9-6-10-16-20/h5*5,7-8,13-14,20,25H,3-4,6,9-10,15-18H2,1-2H3/t5*22-/m11111/s1/i1D3,2D3,3D2,4D2,17D2,18D2;1D3,2D3,3D2,4D2,18D2;3D2,4D2,17D2,18D2;1D3,2D3,17D2,18D2;17D2,18D2. The minimum absolute atomic E-state index is 0.132. The van der Waals surface area contributed by atoms with Gasteiger partial charge in [0.25, 0.3) is 0 Å². The predicted octanol–water partition coefficient (Wildman–Crippen LogP) is 16.7. The highest BCUT2D eigenvalue weighted by Gasteiger charge is 2.52. The molecule has 0 amide bonds. The quantitative estimate of drug-likeness (QED) is 0.0144. The van der Waals surface area contributed by atoms with Crippen molar-refractivity contribution in [3.8, 4) is 59.2 Å². The normalized spacial score (nSPS) is 24.9. The van der Waals surface area contributed by atoms with Crippen LogP contribution in [0.4, 0.5) is 0 Å². The number of rotatable bonds is 35. The van der Waals surface area contributed by atoms with Crippen LogP contribution in [0.1, 0.15) is 323 Å². The largest absolute Gasteiger partial charge is 0.450 e. The molecule has 5 aromatic carbocycles. The second kappa shape index (κ2) is 61.5. The van der Waals surface area contributed by atoms with Crippen LogP contribution in [0.15, 0.2) is 152 Å². The van der Waals surface area contributed by atoms with Crippen molar-refractivity contribution >= 4 is 29.8 Å². The molecule has 5 fully saturated rings. The first kappa shape index (κ1) is 57.4. The third-order valence-corrected chi connectivity index (χ3v) is 23.0. The summed E-state index contributed by atoms with van der Waals surface area (Å²) < 4.78 is 397. The van der Waals surface area contributed by atoms with Gasteiger partial charge in [0, 0.05) is 70.7 Å². The van der Waals surface area contributed by atoms with Gasteiger partial charge >= 0.3 is 29.8 Å². The van der Waals surface area contributed by atoms with Gasteiger partial charge in [0.2, 0.25) is 0 Å². The molecule has 0 spiro atoms. The van der Waals surface area contributed by atoms with Crippen molar-refractivity contribution in [1.29, 1.82) is 0 Å². The smallest absolute Gasteiger partial charge is 0.344 e. The Kier molecular flexibility index (Phi) is 27.2. The Morgan fingerprint density at radius 3 is 0.685 bits per heavy atom. The van der Waals surface area contributed by atoms with Crippen molar-refractivity contribution in [2.24, 2.45) is 29.6 Å². The summed E-state index contributed by atoms with van der Waals surface area (Å²) in [5.41, 5.74) is -9.51. The number of hydrogen-bond acceptors (Lipinski definition) is 20. The highest BCUT2D eigenvalue weighted by molar-refractivity contribution is 5.84. The molecular weight excluding hydrogens is 1630 g/mol. The van der Waals surface area contributed by atoms with Crippen LogP contribution in [-0.4, -0.2) is 210 Å². The SMILES string of the molecule is [2H]C([2H])(C#CC([2H])([2H])N(C([2H])([2H])C([2H])([2H])[2H])C([2H])([2H])C([2H])([2H])[2H])OC(=O)[C@@](O)(c1ccccc1)C1CCCCC1.[2H]C([2H])(C#CC([2H])([2H])N(C([2H])([2H])C)C([2H])([2H])C)OC(=O)[C@@](O)(c1ccccc1)C1CCCCC1.[2H]C([2H])(C#CC([2H])([2H])N(CC)CC)OC(=O)[C@@](O)(c1ccccc1)C1CCCCC1.[2H]C([2H])(C#CCN(C([2H])([2H])C([2H])([2H])[2H])C([2H])([2H])C([2H])([2H])[2H])OC(=O)[C@@](O)(c1ccccc1)C1CCCCC1.[2H]C([2H])([2H])CN(CC([2H])([2H])[2H])C([2H])([2H])C#CC([2H])([2H])OC(=O)[C@@](O)(c1ccccc1)C1CCCCC1. The van der Waals surface area contributed by atoms with Gasteiger partial charge in [-0.15, -0.1) is 0 Å². The Bertz CT molecular complexity index is 6480. The summed E-state index contributed by atoms with van der Waals surface area (Å²) in [7, 11) is 0. The van der Waals surface area contributed by atoms with E-state index < -0.39 is 245 Å². The molecule has 0 aromatic heterocycles. The molecule has 0 saturated heterocycles. The first-order valence-electron chi connectivity index (χ1n) is 67.6. The molecule has 5 atom stereocenters. The molecule has 710 valence electrons. The Labute approximate surface area is 847 Å². The number of benzene rings is 5. The highest BCUT2D eigenvalue weighted by atomic mass is 16.6. The minimum Gasteiger partial charge on any atom is -0.450 e. The van der Waals surface area contributed by atoms with Gasteiger partial charge < -0.3 is 49.2 Å². The first-order valence-corrected chi connectivity index (χ1v) is 43.6. The van der Waals surface area contributed by atoms with Gasteiger partial charge in [0.05, 0.1) is 57.2 Å². The van der Waals surface area contributed by atoms with Crippen molar-refractivity contribution in [3.63, 3.8) is 0 Å². The fourth-order valence-corrected chi connectivity index (χ4v) is 16.0. The Morgan fingerprint density at radius 1 is 0.277 bits per heavy atom. The molecule has 0 unspecified atom stereocenters. The lowest BCUT2D eigenvalue weighted by Gasteiger charge is -2.36. The maximum Gasteiger partial charge on any atom is 0.344 e. The van der Waals surface area contributed by atoms with E-state index in [1.54, 1.807) is 135 Å². The zero-order valence-corrected chi connectivity index (χ0v) is 74.1. The van der Waals surface area contributed by atoms with Crippen LogP contribution in [0, 0.1) is 88.8 Å². The van der Waals surface area contributed by atoms with Crippen molar-refractivity contribution in [2.45, 2.75) is 257 Å². The van der Waals surface area contributed by atoms with E-state index in [1.165, 1.54) is 47.2 Å². The lowest BCUT2D eigenvalue weighted by molar-refractivity contribution is -0.174. The molecule has 5 aromatic rings. The minimum atomic E-state index is -3.94. The summed E-state index contributed by atoms with van der Waals surface area (Å²) in [4.78, 5) is 67.1. The third-order valence-electron chi connectivity index (χ3n) is 23.0. The first-order chi connectivity index (χ1) is 80.9. The molecule has 0 bridgehead atoms. The van der Waals surface area contributed by atoms with Crippen LogP contribution in [0.5, 0.6) is 0 Å². The predicted molar refractivity (Wildman–Crippen MR) is 517 cm³/mol. The molecule has 130 heavy (non-hydrogen) atoms.